The monoisotopic (exact) mass is 201 g/mol. The molecule has 2 N–H and O–H groups in total. The average molecular weight is 201 g/mol. The van der Waals surface area contributed by atoms with Crippen molar-refractivity contribution in [3.05, 3.63) is 5.69 Å². The third-order valence-electron chi connectivity index (χ3n) is 1.18. The minimum atomic E-state index is -1.06. The summed E-state index contributed by atoms with van der Waals surface area (Å²) in [5.41, 5.74) is -0.222. The van der Waals surface area contributed by atoms with Gasteiger partial charge in [-0.25, -0.2) is 4.79 Å². The van der Waals surface area contributed by atoms with Gasteiger partial charge in [-0.15, -0.1) is 0 Å². The molecule has 13 heavy (non-hydrogen) atoms. The molecule has 0 saturated carbocycles. The van der Waals surface area contributed by atoms with Gasteiger partial charge in [-0.3, -0.25) is 0 Å². The molecule has 0 aliphatic rings. The summed E-state index contributed by atoms with van der Waals surface area (Å²) < 4.78 is 7.53. The maximum Gasteiger partial charge on any atom is 0.359 e. The fourth-order valence-corrected chi connectivity index (χ4v) is 1.27. The lowest BCUT2D eigenvalue weighted by Gasteiger charge is -2.19. The van der Waals surface area contributed by atoms with Crippen LogP contribution in [0.2, 0.25) is 0 Å². The number of hydrogen-bond donors (Lipinski definition) is 2. The van der Waals surface area contributed by atoms with E-state index in [0.717, 1.165) is 11.7 Å². The molecule has 1 heterocycles. The van der Waals surface area contributed by atoms with Gasteiger partial charge in [0, 0.05) is 5.54 Å². The summed E-state index contributed by atoms with van der Waals surface area (Å²) in [5, 5.41) is 11.7. The quantitative estimate of drug-likeness (QED) is 0.757. The van der Waals surface area contributed by atoms with Gasteiger partial charge in [0.25, 0.3) is 0 Å². The van der Waals surface area contributed by atoms with E-state index in [9.17, 15) is 4.79 Å². The molecular weight excluding hydrogens is 190 g/mol. The Morgan fingerprint density at radius 2 is 2.08 bits per heavy atom. The number of carboxylic acid groups (broad SMARTS) is 1. The Balaban J connectivity index is 2.89. The molecule has 0 radical (unpaired) electrons. The van der Waals surface area contributed by atoms with E-state index in [2.05, 4.69) is 14.1 Å². The first-order valence-electron chi connectivity index (χ1n) is 3.74. The van der Waals surface area contributed by atoms with Crippen LogP contribution in [-0.2, 0) is 0 Å². The molecule has 0 aliphatic heterocycles. The first-order chi connectivity index (χ1) is 5.90. The molecule has 72 valence electrons. The molecule has 0 fully saturated rings. The van der Waals surface area contributed by atoms with Crippen LogP contribution in [0.1, 0.15) is 31.3 Å². The highest BCUT2D eigenvalue weighted by Gasteiger charge is 2.19. The smallest absolute Gasteiger partial charge is 0.359 e. The summed E-state index contributed by atoms with van der Waals surface area (Å²) in [7, 11) is 0. The molecule has 0 bridgehead atoms. The van der Waals surface area contributed by atoms with Crippen LogP contribution in [0.15, 0.2) is 0 Å². The maximum atomic E-state index is 10.6. The number of nitrogens with one attached hydrogen (secondary N) is 1. The van der Waals surface area contributed by atoms with E-state index >= 15 is 0 Å². The second-order valence-corrected chi connectivity index (χ2v) is 4.17. The normalized spacial score (nSPS) is 11.3. The van der Waals surface area contributed by atoms with E-state index in [-0.39, 0.29) is 11.2 Å². The summed E-state index contributed by atoms with van der Waals surface area (Å²) in [6.07, 6.45) is 0. The minimum Gasteiger partial charge on any atom is -0.476 e. The van der Waals surface area contributed by atoms with Crippen molar-refractivity contribution in [3.8, 4) is 0 Å². The SMILES string of the molecule is CC(C)(C)Nc1nsnc1C(=O)O. The lowest BCUT2D eigenvalue weighted by Crippen LogP contribution is -2.27. The molecule has 5 nitrogen and oxygen atoms in total. The lowest BCUT2D eigenvalue weighted by molar-refractivity contribution is 0.0692. The van der Waals surface area contributed by atoms with E-state index < -0.39 is 5.97 Å². The Morgan fingerprint density at radius 3 is 2.54 bits per heavy atom. The van der Waals surface area contributed by atoms with Crippen LogP contribution < -0.4 is 5.32 Å². The Kier molecular flexibility index (Phi) is 2.51. The first kappa shape index (κ1) is 9.91. The van der Waals surface area contributed by atoms with Gasteiger partial charge in [0.15, 0.2) is 5.82 Å². The van der Waals surface area contributed by atoms with E-state index in [1.807, 2.05) is 20.8 Å². The molecule has 6 heteroatoms. The number of rotatable bonds is 2. The lowest BCUT2D eigenvalue weighted by atomic mass is 10.1. The Morgan fingerprint density at radius 1 is 1.46 bits per heavy atom. The molecule has 0 amide bonds. The van der Waals surface area contributed by atoms with Crippen molar-refractivity contribution in [2.24, 2.45) is 0 Å². The van der Waals surface area contributed by atoms with Gasteiger partial charge in [-0.2, -0.15) is 8.75 Å². The van der Waals surface area contributed by atoms with Gasteiger partial charge in [-0.05, 0) is 20.8 Å². The fraction of sp³-hybridized carbons (Fsp3) is 0.571. The van der Waals surface area contributed by atoms with Crippen LogP contribution in [0.4, 0.5) is 5.82 Å². The number of aromatic carboxylic acids is 1. The third-order valence-corrected chi connectivity index (χ3v) is 1.71. The standard InChI is InChI=1S/C7H11N3O2S/c1-7(2,3)8-5-4(6(11)12)9-13-10-5/h1-3H3,(H,8,10)(H,11,12). The van der Waals surface area contributed by atoms with Crippen LogP contribution >= 0.6 is 11.7 Å². The van der Waals surface area contributed by atoms with Crippen molar-refractivity contribution < 1.29 is 9.90 Å². The van der Waals surface area contributed by atoms with Crippen LogP contribution in [0, 0.1) is 0 Å². The Hall–Kier alpha value is -1.17. The summed E-state index contributed by atoms with van der Waals surface area (Å²) in [6, 6.07) is 0. The van der Waals surface area contributed by atoms with Crippen LogP contribution in [0.3, 0.4) is 0 Å². The number of anilines is 1. The zero-order chi connectivity index (χ0) is 10.1. The van der Waals surface area contributed by atoms with Gasteiger partial charge in [-0.1, -0.05) is 0 Å². The Labute approximate surface area is 80.1 Å². The fourth-order valence-electron chi connectivity index (χ4n) is 0.766. The highest BCUT2D eigenvalue weighted by Crippen LogP contribution is 2.17. The third kappa shape index (κ3) is 2.66. The predicted molar refractivity (Wildman–Crippen MR) is 50.2 cm³/mol. The van der Waals surface area contributed by atoms with Crippen LogP contribution in [-0.4, -0.2) is 25.4 Å². The van der Waals surface area contributed by atoms with Gasteiger partial charge < -0.3 is 10.4 Å². The topological polar surface area (TPSA) is 75.1 Å². The molecule has 0 atom stereocenters. The van der Waals surface area contributed by atoms with Crippen molar-refractivity contribution in [3.63, 3.8) is 0 Å². The molecule has 0 unspecified atom stereocenters. The summed E-state index contributed by atoms with van der Waals surface area (Å²) in [5.74, 6) is -0.717. The summed E-state index contributed by atoms with van der Waals surface area (Å²) in [4.78, 5) is 10.6. The molecular formula is C7H11N3O2S. The summed E-state index contributed by atoms with van der Waals surface area (Å²) in [6.45, 7) is 5.79. The van der Waals surface area contributed by atoms with Gasteiger partial charge in [0.1, 0.15) is 0 Å². The second kappa shape index (κ2) is 3.29. The molecule has 1 aromatic heterocycles. The van der Waals surface area contributed by atoms with Gasteiger partial charge in [0.2, 0.25) is 5.69 Å². The van der Waals surface area contributed by atoms with Crippen molar-refractivity contribution in [2.75, 3.05) is 5.32 Å². The predicted octanol–water partition coefficient (Wildman–Crippen LogP) is 1.45. The van der Waals surface area contributed by atoms with Crippen molar-refractivity contribution in [2.45, 2.75) is 26.3 Å². The van der Waals surface area contributed by atoms with Crippen LogP contribution in [0.5, 0.6) is 0 Å². The first-order valence-corrected chi connectivity index (χ1v) is 4.47. The highest BCUT2D eigenvalue weighted by molar-refractivity contribution is 6.99. The van der Waals surface area contributed by atoms with E-state index in [4.69, 9.17) is 5.11 Å². The van der Waals surface area contributed by atoms with Crippen molar-refractivity contribution in [1.29, 1.82) is 0 Å². The Bertz CT molecular complexity index is 316. The molecule has 0 spiro atoms. The molecule has 1 rings (SSSR count). The highest BCUT2D eigenvalue weighted by atomic mass is 32.1. The van der Waals surface area contributed by atoms with E-state index in [1.165, 1.54) is 0 Å². The average Bonchev–Trinajstić information content (AvgIpc) is 2.31. The molecule has 0 aliphatic carbocycles. The maximum absolute atomic E-state index is 10.6. The zero-order valence-electron chi connectivity index (χ0n) is 7.66. The van der Waals surface area contributed by atoms with Crippen molar-refractivity contribution in [1.82, 2.24) is 8.75 Å². The minimum absolute atomic E-state index is 0.0140. The number of hydrogen-bond acceptors (Lipinski definition) is 5. The van der Waals surface area contributed by atoms with Gasteiger partial charge in [0.05, 0.1) is 11.7 Å². The molecule has 0 saturated heterocycles. The largest absolute Gasteiger partial charge is 0.476 e. The number of carboxylic acids is 1. The van der Waals surface area contributed by atoms with Crippen LogP contribution in [0.25, 0.3) is 0 Å². The number of aromatic nitrogens is 2. The zero-order valence-corrected chi connectivity index (χ0v) is 8.47. The van der Waals surface area contributed by atoms with Crippen molar-refractivity contribution >= 4 is 23.5 Å². The van der Waals surface area contributed by atoms with E-state index in [0.29, 0.717) is 5.82 Å². The van der Waals surface area contributed by atoms with E-state index in [1.54, 1.807) is 0 Å². The second-order valence-electron chi connectivity index (χ2n) is 3.64. The summed E-state index contributed by atoms with van der Waals surface area (Å²) >= 11 is 0.892. The number of carbonyl (C=O) groups is 1. The van der Waals surface area contributed by atoms with Gasteiger partial charge >= 0.3 is 5.97 Å². The molecule has 0 aromatic carbocycles. The molecule has 1 aromatic rings. The number of nitrogens with zero attached hydrogens (tertiary/aromatic N) is 2.